The third-order valence-corrected chi connectivity index (χ3v) is 5.11. The summed E-state index contributed by atoms with van der Waals surface area (Å²) in [5, 5.41) is 3.48. The Labute approximate surface area is 128 Å². The molecule has 1 heterocycles. The monoisotopic (exact) mass is 289 g/mol. The van der Waals surface area contributed by atoms with Gasteiger partial charge in [0.15, 0.2) is 0 Å². The molecule has 1 aromatic carbocycles. The summed E-state index contributed by atoms with van der Waals surface area (Å²) in [6.07, 6.45) is 10.1. The summed E-state index contributed by atoms with van der Waals surface area (Å²) < 4.78 is 11.9. The Bertz CT molecular complexity index is 478. The molecule has 1 spiro atoms. The topological polar surface area (TPSA) is 30.5 Å². The van der Waals surface area contributed by atoms with Crippen LogP contribution < -0.4 is 14.8 Å². The first-order valence-electron chi connectivity index (χ1n) is 8.30. The van der Waals surface area contributed by atoms with Crippen LogP contribution in [0.5, 0.6) is 11.5 Å². The number of ether oxygens (including phenoxy) is 2. The maximum Gasteiger partial charge on any atom is 0.128 e. The van der Waals surface area contributed by atoms with E-state index in [1.165, 1.54) is 50.5 Å². The summed E-state index contributed by atoms with van der Waals surface area (Å²) >= 11 is 0. The fraction of sp³-hybridized carbons (Fsp3) is 0.667. The fourth-order valence-corrected chi connectivity index (χ4v) is 3.89. The molecule has 3 heteroatoms. The van der Waals surface area contributed by atoms with Gasteiger partial charge in [0.05, 0.1) is 7.11 Å². The van der Waals surface area contributed by atoms with Crippen molar-refractivity contribution in [2.24, 2.45) is 0 Å². The Morgan fingerprint density at radius 3 is 2.52 bits per heavy atom. The van der Waals surface area contributed by atoms with Crippen LogP contribution in [0.4, 0.5) is 0 Å². The first-order chi connectivity index (χ1) is 10.3. The molecule has 21 heavy (non-hydrogen) atoms. The van der Waals surface area contributed by atoms with Crippen molar-refractivity contribution in [3.63, 3.8) is 0 Å². The predicted octanol–water partition coefficient (Wildman–Crippen LogP) is 4.22. The first kappa shape index (κ1) is 14.7. The summed E-state index contributed by atoms with van der Waals surface area (Å²) in [6.45, 7) is 0. The second-order valence-electron chi connectivity index (χ2n) is 6.50. The Hall–Kier alpha value is -1.22. The van der Waals surface area contributed by atoms with Crippen LogP contribution in [0.15, 0.2) is 18.2 Å². The second-order valence-corrected chi connectivity index (χ2v) is 6.50. The third-order valence-electron chi connectivity index (χ3n) is 5.11. The van der Waals surface area contributed by atoms with E-state index in [4.69, 9.17) is 9.47 Å². The lowest BCUT2D eigenvalue weighted by Gasteiger charge is -2.43. The minimum atomic E-state index is 0.0213. The van der Waals surface area contributed by atoms with E-state index in [2.05, 4.69) is 24.5 Å². The molecule has 0 amide bonds. The lowest BCUT2D eigenvalue weighted by Crippen LogP contribution is -2.44. The van der Waals surface area contributed by atoms with Gasteiger partial charge in [0.25, 0.3) is 0 Å². The van der Waals surface area contributed by atoms with Crippen LogP contribution in [0.1, 0.15) is 63.0 Å². The van der Waals surface area contributed by atoms with Crippen LogP contribution in [-0.2, 0) is 0 Å². The molecule has 3 nitrogen and oxygen atoms in total. The SMILES string of the molecule is CNC1CC2(CCCCCCC2)Oc2cc(OC)ccc21. The molecule has 1 aliphatic heterocycles. The lowest BCUT2D eigenvalue weighted by molar-refractivity contribution is 0.00719. The van der Waals surface area contributed by atoms with Crippen LogP contribution in [0.2, 0.25) is 0 Å². The Morgan fingerprint density at radius 2 is 1.86 bits per heavy atom. The molecule has 1 N–H and O–H groups in total. The van der Waals surface area contributed by atoms with Gasteiger partial charge in [0.1, 0.15) is 17.1 Å². The van der Waals surface area contributed by atoms with Crippen molar-refractivity contribution >= 4 is 0 Å². The molecule has 3 rings (SSSR count). The van der Waals surface area contributed by atoms with Crippen molar-refractivity contribution in [1.82, 2.24) is 5.32 Å². The predicted molar refractivity (Wildman–Crippen MR) is 85.1 cm³/mol. The van der Waals surface area contributed by atoms with Gasteiger partial charge in [0.2, 0.25) is 0 Å². The van der Waals surface area contributed by atoms with Crippen LogP contribution in [-0.4, -0.2) is 19.8 Å². The number of rotatable bonds is 2. The Kier molecular flexibility index (Phi) is 4.39. The highest BCUT2D eigenvalue weighted by atomic mass is 16.5. The molecule has 0 radical (unpaired) electrons. The smallest absolute Gasteiger partial charge is 0.128 e. The molecular formula is C18H27NO2. The van der Waals surface area contributed by atoms with Gasteiger partial charge in [-0.05, 0) is 38.8 Å². The molecule has 1 atom stereocenters. The van der Waals surface area contributed by atoms with E-state index in [1.54, 1.807) is 7.11 Å². The van der Waals surface area contributed by atoms with Crippen molar-refractivity contribution in [3.8, 4) is 11.5 Å². The highest BCUT2D eigenvalue weighted by molar-refractivity contribution is 5.44. The summed E-state index contributed by atoms with van der Waals surface area (Å²) in [5.74, 6) is 1.90. The van der Waals surface area contributed by atoms with Gasteiger partial charge < -0.3 is 14.8 Å². The fourth-order valence-electron chi connectivity index (χ4n) is 3.89. The van der Waals surface area contributed by atoms with Crippen molar-refractivity contribution < 1.29 is 9.47 Å². The molecule has 0 bridgehead atoms. The lowest BCUT2D eigenvalue weighted by atomic mass is 9.78. The molecule has 1 unspecified atom stereocenters. The van der Waals surface area contributed by atoms with E-state index in [0.29, 0.717) is 6.04 Å². The Balaban J connectivity index is 1.91. The number of methoxy groups -OCH3 is 1. The van der Waals surface area contributed by atoms with Crippen molar-refractivity contribution in [1.29, 1.82) is 0 Å². The van der Waals surface area contributed by atoms with E-state index < -0.39 is 0 Å². The number of nitrogens with one attached hydrogen (secondary N) is 1. The van der Waals surface area contributed by atoms with Gasteiger partial charge in [-0.25, -0.2) is 0 Å². The van der Waals surface area contributed by atoms with Gasteiger partial charge in [-0.15, -0.1) is 0 Å². The van der Waals surface area contributed by atoms with Gasteiger partial charge in [-0.2, -0.15) is 0 Å². The minimum Gasteiger partial charge on any atom is -0.497 e. The molecular weight excluding hydrogens is 262 g/mol. The number of hydrogen-bond donors (Lipinski definition) is 1. The highest BCUT2D eigenvalue weighted by Gasteiger charge is 2.40. The van der Waals surface area contributed by atoms with Gasteiger partial charge in [-0.3, -0.25) is 0 Å². The summed E-state index contributed by atoms with van der Waals surface area (Å²) in [4.78, 5) is 0. The summed E-state index contributed by atoms with van der Waals surface area (Å²) in [5.41, 5.74) is 1.29. The normalized spacial score (nSPS) is 24.6. The van der Waals surface area contributed by atoms with E-state index in [-0.39, 0.29) is 5.60 Å². The summed E-state index contributed by atoms with van der Waals surface area (Å²) in [6, 6.07) is 6.62. The maximum atomic E-state index is 6.55. The van der Waals surface area contributed by atoms with Crippen molar-refractivity contribution in [3.05, 3.63) is 23.8 Å². The quantitative estimate of drug-likeness (QED) is 0.884. The molecule has 0 saturated heterocycles. The average molecular weight is 289 g/mol. The van der Waals surface area contributed by atoms with Crippen LogP contribution in [0.3, 0.4) is 0 Å². The van der Waals surface area contributed by atoms with E-state index >= 15 is 0 Å². The number of hydrogen-bond acceptors (Lipinski definition) is 3. The number of benzene rings is 1. The van der Waals surface area contributed by atoms with Crippen LogP contribution >= 0.6 is 0 Å². The van der Waals surface area contributed by atoms with Gasteiger partial charge in [-0.1, -0.05) is 25.3 Å². The highest BCUT2D eigenvalue weighted by Crippen LogP contribution is 2.46. The molecule has 116 valence electrons. The van der Waals surface area contributed by atoms with E-state index in [9.17, 15) is 0 Å². The molecule has 2 aliphatic rings. The molecule has 0 aromatic heterocycles. The largest absolute Gasteiger partial charge is 0.497 e. The van der Waals surface area contributed by atoms with Crippen LogP contribution in [0.25, 0.3) is 0 Å². The molecule has 1 aromatic rings. The average Bonchev–Trinajstić information content (AvgIpc) is 2.50. The Morgan fingerprint density at radius 1 is 1.14 bits per heavy atom. The zero-order valence-electron chi connectivity index (χ0n) is 13.3. The zero-order chi connectivity index (χ0) is 14.7. The van der Waals surface area contributed by atoms with E-state index in [1.807, 2.05) is 6.07 Å². The van der Waals surface area contributed by atoms with Gasteiger partial charge in [0, 0.05) is 24.1 Å². The first-order valence-corrected chi connectivity index (χ1v) is 8.30. The second kappa shape index (κ2) is 6.27. The summed E-state index contributed by atoms with van der Waals surface area (Å²) in [7, 11) is 3.77. The molecule has 1 fully saturated rings. The standard InChI is InChI=1S/C18H27NO2/c1-19-16-13-18(10-6-4-3-5-7-11-18)21-17-12-14(20-2)8-9-15(16)17/h8-9,12,16,19H,3-7,10-11,13H2,1-2H3. The number of fused-ring (bicyclic) bond motifs is 1. The molecule has 1 aliphatic carbocycles. The van der Waals surface area contributed by atoms with Crippen LogP contribution in [0, 0.1) is 0 Å². The molecule has 1 saturated carbocycles. The van der Waals surface area contributed by atoms with Crippen molar-refractivity contribution in [2.45, 2.75) is 63.0 Å². The maximum absolute atomic E-state index is 6.55. The minimum absolute atomic E-state index is 0.0213. The van der Waals surface area contributed by atoms with E-state index in [0.717, 1.165) is 17.9 Å². The van der Waals surface area contributed by atoms with Gasteiger partial charge >= 0.3 is 0 Å². The third kappa shape index (κ3) is 3.03. The van der Waals surface area contributed by atoms with Crippen molar-refractivity contribution in [2.75, 3.05) is 14.2 Å². The zero-order valence-corrected chi connectivity index (χ0v) is 13.3.